The van der Waals surface area contributed by atoms with Crippen LogP contribution in [0.15, 0.2) is 0 Å². The predicted molar refractivity (Wildman–Crippen MR) is 59.2 cm³/mol. The summed E-state index contributed by atoms with van der Waals surface area (Å²) in [6.45, 7) is 11.5. The molecule has 1 unspecified atom stereocenters. The average Bonchev–Trinajstić information content (AvgIpc) is 2.49. The summed E-state index contributed by atoms with van der Waals surface area (Å²) in [5.41, 5.74) is 0.871. The Hall–Kier alpha value is -0.0400. The topological polar surface area (TPSA) is 9.23 Å². The maximum absolute atomic E-state index is 6.16. The van der Waals surface area contributed by atoms with Gasteiger partial charge in [-0.25, -0.2) is 0 Å². The lowest BCUT2D eigenvalue weighted by atomic mass is 9.70. The Morgan fingerprint density at radius 2 is 1.86 bits per heavy atom. The number of rotatable bonds is 2. The lowest BCUT2D eigenvalue weighted by molar-refractivity contribution is -0.113. The highest BCUT2D eigenvalue weighted by atomic mass is 16.5. The van der Waals surface area contributed by atoms with Crippen molar-refractivity contribution in [3.8, 4) is 0 Å². The summed E-state index contributed by atoms with van der Waals surface area (Å²) in [6, 6.07) is 0. The number of ether oxygens (including phenoxy) is 1. The molecule has 1 heteroatoms. The third kappa shape index (κ3) is 1.32. The van der Waals surface area contributed by atoms with Crippen LogP contribution >= 0.6 is 0 Å². The first-order chi connectivity index (χ1) is 6.36. The molecule has 0 spiro atoms. The third-order valence-electron chi connectivity index (χ3n) is 4.55. The number of hydrogen-bond acceptors (Lipinski definition) is 1. The van der Waals surface area contributed by atoms with Gasteiger partial charge in [-0.2, -0.15) is 0 Å². The second kappa shape index (κ2) is 2.98. The molecule has 0 aromatic heterocycles. The Balaban J connectivity index is 2.21. The minimum atomic E-state index is 0.371. The zero-order valence-corrected chi connectivity index (χ0v) is 10.3. The maximum Gasteiger partial charge on any atom is 0.0685 e. The fourth-order valence-electron chi connectivity index (χ4n) is 3.87. The highest BCUT2D eigenvalue weighted by Gasteiger charge is 2.60. The van der Waals surface area contributed by atoms with Crippen molar-refractivity contribution in [2.45, 2.75) is 66.1 Å². The first kappa shape index (κ1) is 10.5. The van der Waals surface area contributed by atoms with E-state index in [4.69, 9.17) is 4.74 Å². The van der Waals surface area contributed by atoms with E-state index in [1.807, 2.05) is 0 Å². The van der Waals surface area contributed by atoms with E-state index >= 15 is 0 Å². The molecule has 0 radical (unpaired) electrons. The Bertz CT molecular complexity index is 227. The zero-order valence-electron chi connectivity index (χ0n) is 10.3. The molecule has 0 N–H and O–H groups in total. The summed E-state index contributed by atoms with van der Waals surface area (Å²) in [6.07, 6.45) is 5.03. The van der Waals surface area contributed by atoms with E-state index in [0.717, 1.165) is 5.92 Å². The molecule has 2 fully saturated rings. The van der Waals surface area contributed by atoms with Crippen molar-refractivity contribution in [2.24, 2.45) is 16.7 Å². The molecule has 0 heterocycles. The largest absolute Gasteiger partial charge is 0.374 e. The van der Waals surface area contributed by atoms with Crippen LogP contribution in [0.4, 0.5) is 0 Å². The lowest BCUT2D eigenvalue weighted by Gasteiger charge is -2.43. The molecule has 0 aliphatic heterocycles. The van der Waals surface area contributed by atoms with E-state index in [2.05, 4.69) is 34.6 Å². The molecule has 2 rings (SSSR count). The first-order valence-electron chi connectivity index (χ1n) is 6.02. The van der Waals surface area contributed by atoms with E-state index in [0.29, 0.717) is 23.0 Å². The molecule has 82 valence electrons. The van der Waals surface area contributed by atoms with E-state index in [1.54, 1.807) is 0 Å². The van der Waals surface area contributed by atoms with Crippen LogP contribution in [0.25, 0.3) is 0 Å². The molecule has 2 aliphatic rings. The van der Waals surface area contributed by atoms with Crippen LogP contribution < -0.4 is 0 Å². The summed E-state index contributed by atoms with van der Waals surface area (Å²) in [5.74, 6) is 0.899. The predicted octanol–water partition coefficient (Wildman–Crippen LogP) is 3.63. The van der Waals surface area contributed by atoms with Crippen molar-refractivity contribution in [2.75, 3.05) is 0 Å². The Kier molecular flexibility index (Phi) is 2.23. The average molecular weight is 196 g/mol. The smallest absolute Gasteiger partial charge is 0.0685 e. The van der Waals surface area contributed by atoms with Crippen LogP contribution in [0.3, 0.4) is 0 Å². The minimum absolute atomic E-state index is 0.371. The third-order valence-corrected chi connectivity index (χ3v) is 4.55. The van der Waals surface area contributed by atoms with Crippen molar-refractivity contribution >= 4 is 0 Å². The van der Waals surface area contributed by atoms with Gasteiger partial charge in [-0.3, -0.25) is 0 Å². The van der Waals surface area contributed by atoms with Gasteiger partial charge in [0, 0.05) is 0 Å². The van der Waals surface area contributed by atoms with E-state index in [-0.39, 0.29) is 0 Å². The quantitative estimate of drug-likeness (QED) is 0.655. The molecule has 0 amide bonds. The molecule has 0 aromatic carbocycles. The SMILES string of the molecule is CC(C)OC1C(C)(C)[C@H]2CC[C@]1(C)C2. The first-order valence-corrected chi connectivity index (χ1v) is 6.02. The summed E-state index contributed by atoms with van der Waals surface area (Å²) in [7, 11) is 0. The zero-order chi connectivity index (χ0) is 10.6. The van der Waals surface area contributed by atoms with Gasteiger partial charge in [0.2, 0.25) is 0 Å². The number of fused-ring (bicyclic) bond motifs is 2. The van der Waals surface area contributed by atoms with E-state index < -0.39 is 0 Å². The van der Waals surface area contributed by atoms with Crippen LogP contribution in [0.2, 0.25) is 0 Å². The fraction of sp³-hybridized carbons (Fsp3) is 1.00. The molecule has 2 saturated carbocycles. The van der Waals surface area contributed by atoms with Gasteiger partial charge >= 0.3 is 0 Å². The van der Waals surface area contributed by atoms with Gasteiger partial charge in [0.1, 0.15) is 0 Å². The van der Waals surface area contributed by atoms with Gasteiger partial charge in [0.15, 0.2) is 0 Å². The molecule has 3 atom stereocenters. The lowest BCUT2D eigenvalue weighted by Crippen LogP contribution is -2.43. The monoisotopic (exact) mass is 196 g/mol. The van der Waals surface area contributed by atoms with Crippen LogP contribution in [-0.4, -0.2) is 12.2 Å². The van der Waals surface area contributed by atoms with Crippen LogP contribution in [0, 0.1) is 16.7 Å². The molecule has 14 heavy (non-hydrogen) atoms. The van der Waals surface area contributed by atoms with E-state index in [9.17, 15) is 0 Å². The molecular weight excluding hydrogens is 172 g/mol. The maximum atomic E-state index is 6.16. The van der Waals surface area contributed by atoms with Gasteiger partial charge < -0.3 is 4.74 Å². The second-order valence-electron chi connectivity index (χ2n) is 6.48. The van der Waals surface area contributed by atoms with Gasteiger partial charge in [0.05, 0.1) is 12.2 Å². The standard InChI is InChI=1S/C13H24O/c1-9(2)14-11-12(3,4)10-6-7-13(11,5)8-10/h9-11H,6-8H2,1-5H3/t10-,11?,13+/m0/s1. The molecule has 2 aliphatic carbocycles. The summed E-state index contributed by atoms with van der Waals surface area (Å²) >= 11 is 0. The van der Waals surface area contributed by atoms with Crippen molar-refractivity contribution in [1.82, 2.24) is 0 Å². The summed E-state index contributed by atoms with van der Waals surface area (Å²) < 4.78 is 6.16. The molecule has 1 nitrogen and oxygen atoms in total. The molecule has 0 aromatic rings. The van der Waals surface area contributed by atoms with Crippen molar-refractivity contribution in [3.63, 3.8) is 0 Å². The molecular formula is C13H24O. The summed E-state index contributed by atoms with van der Waals surface area (Å²) in [5, 5.41) is 0. The van der Waals surface area contributed by atoms with Crippen LogP contribution in [0.1, 0.15) is 53.9 Å². The van der Waals surface area contributed by atoms with Crippen molar-refractivity contribution < 1.29 is 4.74 Å². The Morgan fingerprint density at radius 3 is 2.29 bits per heavy atom. The highest BCUT2D eigenvalue weighted by Crippen LogP contribution is 2.63. The van der Waals surface area contributed by atoms with Crippen LogP contribution in [0.5, 0.6) is 0 Å². The molecule has 2 bridgehead atoms. The van der Waals surface area contributed by atoms with Crippen molar-refractivity contribution in [1.29, 1.82) is 0 Å². The fourth-order valence-corrected chi connectivity index (χ4v) is 3.87. The number of hydrogen-bond donors (Lipinski definition) is 0. The Morgan fingerprint density at radius 1 is 1.21 bits per heavy atom. The minimum Gasteiger partial charge on any atom is -0.374 e. The van der Waals surface area contributed by atoms with Gasteiger partial charge in [-0.1, -0.05) is 20.8 Å². The summed E-state index contributed by atoms with van der Waals surface area (Å²) in [4.78, 5) is 0. The van der Waals surface area contributed by atoms with Crippen molar-refractivity contribution in [3.05, 3.63) is 0 Å². The normalized spacial score (nSPS) is 45.0. The van der Waals surface area contributed by atoms with Crippen LogP contribution in [-0.2, 0) is 4.74 Å². The van der Waals surface area contributed by atoms with E-state index in [1.165, 1.54) is 19.3 Å². The second-order valence-corrected chi connectivity index (χ2v) is 6.48. The van der Waals surface area contributed by atoms with Gasteiger partial charge in [-0.05, 0) is 49.9 Å². The highest BCUT2D eigenvalue weighted by molar-refractivity contribution is 5.09. The van der Waals surface area contributed by atoms with Gasteiger partial charge in [-0.15, -0.1) is 0 Å². The van der Waals surface area contributed by atoms with Gasteiger partial charge in [0.25, 0.3) is 0 Å². The molecule has 0 saturated heterocycles. The Labute approximate surface area is 88.2 Å².